The normalized spacial score (nSPS) is 15.1. The molecule has 0 radical (unpaired) electrons. The summed E-state index contributed by atoms with van der Waals surface area (Å²) in [6.07, 6.45) is 1.01. The molecule has 2 amide bonds. The van der Waals surface area contributed by atoms with E-state index >= 15 is 0 Å². The number of nitrogens with one attached hydrogen (secondary N) is 1. The summed E-state index contributed by atoms with van der Waals surface area (Å²) in [6, 6.07) is 9.20. The first-order chi connectivity index (χ1) is 13.8. The topological polar surface area (TPSA) is 123 Å². The summed E-state index contributed by atoms with van der Waals surface area (Å²) < 4.78 is 29.3. The zero-order chi connectivity index (χ0) is 21.0. The van der Waals surface area contributed by atoms with E-state index in [1.807, 2.05) is 30.3 Å². The highest BCUT2D eigenvalue weighted by molar-refractivity contribution is 7.89. The molecule has 0 atom stereocenters. The predicted molar refractivity (Wildman–Crippen MR) is 105 cm³/mol. The zero-order valence-electron chi connectivity index (χ0n) is 16.1. The third-order valence-electron chi connectivity index (χ3n) is 4.69. The van der Waals surface area contributed by atoms with Gasteiger partial charge in [0.2, 0.25) is 21.8 Å². The molecule has 2 heterocycles. The van der Waals surface area contributed by atoms with Crippen LogP contribution in [-0.4, -0.2) is 58.3 Å². The van der Waals surface area contributed by atoms with E-state index in [9.17, 15) is 22.8 Å². The first kappa shape index (κ1) is 20.9. The lowest BCUT2D eigenvalue weighted by Gasteiger charge is -2.24. The van der Waals surface area contributed by atoms with Crippen LogP contribution in [0.1, 0.15) is 19.3 Å². The van der Waals surface area contributed by atoms with Crippen molar-refractivity contribution in [2.45, 2.75) is 25.8 Å². The van der Waals surface area contributed by atoms with Gasteiger partial charge in [0.15, 0.2) is 5.82 Å². The quantitative estimate of drug-likeness (QED) is 0.584. The lowest BCUT2D eigenvalue weighted by atomic mass is 10.1. The number of benzene rings is 1. The van der Waals surface area contributed by atoms with E-state index in [1.54, 1.807) is 7.05 Å². The molecule has 0 unspecified atom stereocenters. The minimum atomic E-state index is -3.71. The van der Waals surface area contributed by atoms with Crippen LogP contribution in [0.15, 0.2) is 35.1 Å². The molecular weight excluding hydrogens is 398 g/mol. The summed E-state index contributed by atoms with van der Waals surface area (Å²) in [6.45, 7) is -0.148. The van der Waals surface area contributed by atoms with Crippen LogP contribution in [0, 0.1) is 0 Å². The SMILES string of the molecule is Cn1c(-c2ccccc2)nn(CCNS(=O)(=O)CCN2C(=O)CCCC2=O)c1=O. The van der Waals surface area contributed by atoms with E-state index in [0.29, 0.717) is 12.2 Å². The highest BCUT2D eigenvalue weighted by Crippen LogP contribution is 2.14. The van der Waals surface area contributed by atoms with Gasteiger partial charge in [-0.25, -0.2) is 22.6 Å². The third-order valence-corrected chi connectivity index (χ3v) is 6.05. The monoisotopic (exact) mass is 421 g/mol. The number of imide groups is 1. The number of piperidine rings is 1. The fraction of sp³-hybridized carbons (Fsp3) is 0.444. The van der Waals surface area contributed by atoms with Gasteiger partial charge in [-0.05, 0) is 6.42 Å². The van der Waals surface area contributed by atoms with Crippen molar-refractivity contribution in [1.82, 2.24) is 24.0 Å². The van der Waals surface area contributed by atoms with Gasteiger partial charge >= 0.3 is 5.69 Å². The third kappa shape index (κ3) is 4.98. The molecule has 1 aromatic carbocycles. The Morgan fingerprint density at radius 2 is 1.69 bits per heavy atom. The molecular formula is C18H23N5O5S. The van der Waals surface area contributed by atoms with Crippen molar-refractivity contribution in [3.63, 3.8) is 0 Å². The number of rotatable bonds is 8. The van der Waals surface area contributed by atoms with Gasteiger partial charge in [-0.15, -0.1) is 5.10 Å². The minimum absolute atomic E-state index is 0.0324. The molecule has 10 nitrogen and oxygen atoms in total. The molecule has 1 saturated heterocycles. The fourth-order valence-corrected chi connectivity index (χ4v) is 4.08. The van der Waals surface area contributed by atoms with Crippen LogP contribution in [0.25, 0.3) is 11.4 Å². The van der Waals surface area contributed by atoms with E-state index in [4.69, 9.17) is 0 Å². The minimum Gasteiger partial charge on any atom is -0.282 e. The smallest absolute Gasteiger partial charge is 0.282 e. The largest absolute Gasteiger partial charge is 0.345 e. The lowest BCUT2D eigenvalue weighted by molar-refractivity contribution is -0.147. The van der Waals surface area contributed by atoms with Crippen molar-refractivity contribution in [2.24, 2.45) is 7.05 Å². The standard InChI is InChI=1S/C18H23N5O5S/c1-21-17(14-6-3-2-4-7-14)20-23(18(21)26)11-10-19-29(27,28)13-12-22-15(24)8-5-9-16(22)25/h2-4,6-7,19H,5,8-13H2,1H3. The summed E-state index contributed by atoms with van der Waals surface area (Å²) in [7, 11) is -2.11. The molecule has 0 bridgehead atoms. The molecule has 1 N–H and O–H groups in total. The Morgan fingerprint density at radius 1 is 1.03 bits per heavy atom. The van der Waals surface area contributed by atoms with Gasteiger partial charge in [0.25, 0.3) is 0 Å². The first-order valence-corrected chi connectivity index (χ1v) is 10.9. The molecule has 1 aromatic heterocycles. The number of hydrogen-bond acceptors (Lipinski definition) is 6. The zero-order valence-corrected chi connectivity index (χ0v) is 16.9. The number of aromatic nitrogens is 3. The maximum atomic E-state index is 12.3. The Morgan fingerprint density at radius 3 is 2.34 bits per heavy atom. The Balaban J connectivity index is 1.57. The molecule has 0 aliphatic carbocycles. The van der Waals surface area contributed by atoms with Crippen LogP contribution in [-0.2, 0) is 33.2 Å². The van der Waals surface area contributed by atoms with Gasteiger partial charge in [-0.2, -0.15) is 0 Å². The summed E-state index contributed by atoms with van der Waals surface area (Å²) in [5.74, 6) is -0.577. The highest BCUT2D eigenvalue weighted by atomic mass is 32.2. The number of carbonyl (C=O) groups is 2. The number of amides is 2. The summed E-state index contributed by atoms with van der Waals surface area (Å²) in [5.41, 5.74) is 0.426. The number of sulfonamides is 1. The van der Waals surface area contributed by atoms with Crippen LogP contribution in [0.4, 0.5) is 0 Å². The van der Waals surface area contributed by atoms with Crippen LogP contribution in [0.5, 0.6) is 0 Å². The van der Waals surface area contributed by atoms with Crippen LogP contribution >= 0.6 is 0 Å². The van der Waals surface area contributed by atoms with Crippen molar-refractivity contribution < 1.29 is 18.0 Å². The Kier molecular flexibility index (Phi) is 6.28. The molecule has 0 saturated carbocycles. The van der Waals surface area contributed by atoms with Crippen LogP contribution in [0.3, 0.4) is 0 Å². The molecule has 1 aliphatic rings. The van der Waals surface area contributed by atoms with Crippen molar-refractivity contribution in [2.75, 3.05) is 18.8 Å². The summed E-state index contributed by atoms with van der Waals surface area (Å²) >= 11 is 0. The molecule has 156 valence electrons. The average molecular weight is 421 g/mol. The predicted octanol–water partition coefficient (Wildman–Crippen LogP) is -0.293. The van der Waals surface area contributed by atoms with E-state index in [-0.39, 0.29) is 55.7 Å². The van der Waals surface area contributed by atoms with E-state index in [1.165, 1.54) is 9.25 Å². The maximum absolute atomic E-state index is 12.3. The van der Waals surface area contributed by atoms with Gasteiger partial charge in [-0.1, -0.05) is 30.3 Å². The number of likely N-dealkylation sites (tertiary alicyclic amines) is 1. The number of hydrogen-bond donors (Lipinski definition) is 1. The Hall–Kier alpha value is -2.79. The molecule has 29 heavy (non-hydrogen) atoms. The van der Waals surface area contributed by atoms with Crippen LogP contribution < -0.4 is 10.4 Å². The Bertz CT molecular complexity index is 1040. The maximum Gasteiger partial charge on any atom is 0.345 e. The summed E-state index contributed by atoms with van der Waals surface area (Å²) in [5, 5.41) is 4.27. The van der Waals surface area contributed by atoms with E-state index < -0.39 is 10.0 Å². The highest BCUT2D eigenvalue weighted by Gasteiger charge is 2.27. The van der Waals surface area contributed by atoms with Crippen LogP contribution in [0.2, 0.25) is 0 Å². The molecule has 0 spiro atoms. The molecule has 1 fully saturated rings. The lowest BCUT2D eigenvalue weighted by Crippen LogP contribution is -2.44. The van der Waals surface area contributed by atoms with Crippen molar-refractivity contribution >= 4 is 21.8 Å². The molecule has 11 heteroatoms. The van der Waals surface area contributed by atoms with Gasteiger partial charge in [0.1, 0.15) is 0 Å². The molecule has 3 rings (SSSR count). The summed E-state index contributed by atoms with van der Waals surface area (Å²) in [4.78, 5) is 36.8. The van der Waals surface area contributed by atoms with E-state index in [2.05, 4.69) is 9.82 Å². The molecule has 1 aliphatic heterocycles. The van der Waals surface area contributed by atoms with Gasteiger partial charge in [-0.3, -0.25) is 19.1 Å². The first-order valence-electron chi connectivity index (χ1n) is 9.28. The number of carbonyl (C=O) groups excluding carboxylic acids is 2. The number of nitrogens with zero attached hydrogens (tertiary/aromatic N) is 4. The van der Waals surface area contributed by atoms with Gasteiger partial charge in [0, 0.05) is 38.5 Å². The van der Waals surface area contributed by atoms with Crippen molar-refractivity contribution in [1.29, 1.82) is 0 Å². The fourth-order valence-electron chi connectivity index (χ4n) is 3.11. The molecule has 2 aromatic rings. The van der Waals surface area contributed by atoms with E-state index in [0.717, 1.165) is 10.5 Å². The van der Waals surface area contributed by atoms with Crippen molar-refractivity contribution in [3.8, 4) is 11.4 Å². The second kappa shape index (κ2) is 8.70. The average Bonchev–Trinajstić information content (AvgIpc) is 2.97. The Labute approximate surface area is 168 Å². The van der Waals surface area contributed by atoms with Gasteiger partial charge < -0.3 is 0 Å². The second-order valence-corrected chi connectivity index (χ2v) is 8.69. The van der Waals surface area contributed by atoms with Gasteiger partial charge in [0.05, 0.1) is 12.3 Å². The second-order valence-electron chi connectivity index (χ2n) is 6.76. The van der Waals surface area contributed by atoms with Crippen molar-refractivity contribution in [3.05, 3.63) is 40.8 Å².